The molecule has 6 nitrogen and oxygen atoms in total. The molecule has 0 spiro atoms. The van der Waals surface area contributed by atoms with Gasteiger partial charge in [0.05, 0.1) is 0 Å². The van der Waals surface area contributed by atoms with Crippen molar-refractivity contribution in [3.05, 3.63) is 12.3 Å². The first-order valence-corrected chi connectivity index (χ1v) is 8.33. The van der Waals surface area contributed by atoms with E-state index in [9.17, 15) is 9.59 Å². The zero-order valence-corrected chi connectivity index (χ0v) is 16.2. The molecule has 24 heavy (non-hydrogen) atoms. The third-order valence-electron chi connectivity index (χ3n) is 3.49. The molecule has 2 aliphatic carbocycles. The van der Waals surface area contributed by atoms with Crippen LogP contribution in [0.25, 0.3) is 0 Å². The number of carbonyl (C=O) groups is 2. The van der Waals surface area contributed by atoms with Crippen molar-refractivity contribution in [2.24, 2.45) is 11.8 Å². The Labute approximate surface area is 146 Å². The predicted molar refractivity (Wildman–Crippen MR) is 95.5 cm³/mol. The van der Waals surface area contributed by atoms with Crippen LogP contribution in [0.15, 0.2) is 12.3 Å². The third-order valence-corrected chi connectivity index (χ3v) is 3.49. The Morgan fingerprint density at radius 2 is 1.42 bits per heavy atom. The highest BCUT2D eigenvalue weighted by atomic mass is 16.7. The maximum absolute atomic E-state index is 11.0. The van der Waals surface area contributed by atoms with E-state index < -0.39 is 0 Å². The van der Waals surface area contributed by atoms with Crippen LogP contribution in [0.1, 0.15) is 32.6 Å². The van der Waals surface area contributed by atoms with Crippen LogP contribution in [0.5, 0.6) is 0 Å². The van der Waals surface area contributed by atoms with Gasteiger partial charge in [0.25, 0.3) is 0 Å². The van der Waals surface area contributed by atoms with Crippen LogP contribution in [0.4, 0.5) is 0 Å². The number of rotatable bonds is 7. The molecule has 0 amide bonds. The molecular formula is C18H34N2O4. The lowest BCUT2D eigenvalue weighted by atomic mass is 10.2. The lowest BCUT2D eigenvalue weighted by Gasteiger charge is -2.19. The molecule has 0 aromatic carbocycles. The van der Waals surface area contributed by atoms with Crippen molar-refractivity contribution in [3.8, 4) is 0 Å². The van der Waals surface area contributed by atoms with Crippen LogP contribution in [-0.2, 0) is 19.1 Å². The maximum atomic E-state index is 11.0. The van der Waals surface area contributed by atoms with Gasteiger partial charge in [-0.25, -0.2) is 0 Å². The highest BCUT2D eigenvalue weighted by Crippen LogP contribution is 2.30. The van der Waals surface area contributed by atoms with E-state index in [2.05, 4.69) is 0 Å². The summed E-state index contributed by atoms with van der Waals surface area (Å²) >= 11 is 0. The number of Topliss-reactive ketones (excluding diaryl/α,β-unsaturated/α-hetero) is 1. The Balaban J connectivity index is 0.000000342. The fourth-order valence-corrected chi connectivity index (χ4v) is 1.73. The van der Waals surface area contributed by atoms with Crippen molar-refractivity contribution in [2.75, 3.05) is 42.4 Å². The van der Waals surface area contributed by atoms with E-state index in [1.54, 1.807) is 33.4 Å². The lowest BCUT2D eigenvalue weighted by molar-refractivity contribution is -0.179. The van der Waals surface area contributed by atoms with Crippen molar-refractivity contribution in [1.29, 1.82) is 0 Å². The monoisotopic (exact) mass is 342 g/mol. The summed E-state index contributed by atoms with van der Waals surface area (Å²) in [5, 5.41) is 0. The smallest absolute Gasteiger partial charge is 0.217 e. The van der Waals surface area contributed by atoms with Gasteiger partial charge in [0.2, 0.25) is 6.41 Å². The molecule has 2 rings (SSSR count). The van der Waals surface area contributed by atoms with Gasteiger partial charge in [0.1, 0.15) is 5.78 Å². The first kappa shape index (κ1) is 22.8. The molecule has 2 aliphatic rings. The van der Waals surface area contributed by atoms with Gasteiger partial charge in [0, 0.05) is 46.4 Å². The number of ether oxygens (including phenoxy) is 2. The molecule has 6 heteroatoms. The van der Waals surface area contributed by atoms with Crippen LogP contribution < -0.4 is 0 Å². The summed E-state index contributed by atoms with van der Waals surface area (Å²) in [6.45, 7) is 1.66. The molecular weight excluding hydrogens is 308 g/mol. The zero-order valence-electron chi connectivity index (χ0n) is 16.2. The topological polar surface area (TPSA) is 59.1 Å². The van der Waals surface area contributed by atoms with Crippen LogP contribution in [0.2, 0.25) is 0 Å². The summed E-state index contributed by atoms with van der Waals surface area (Å²) in [6.07, 6.45) is 7.74. The Hall–Kier alpha value is -1.24. The highest BCUT2D eigenvalue weighted by Gasteiger charge is 2.27. The molecule has 0 aromatic heterocycles. The van der Waals surface area contributed by atoms with E-state index >= 15 is 0 Å². The minimum atomic E-state index is -0.213. The molecule has 0 heterocycles. The summed E-state index contributed by atoms with van der Waals surface area (Å²) in [5.41, 5.74) is 0. The number of nitrogens with zero attached hydrogens (tertiary/aromatic N) is 2. The average Bonchev–Trinajstić information content (AvgIpc) is 3.40. The third kappa shape index (κ3) is 12.2. The highest BCUT2D eigenvalue weighted by molar-refractivity contribution is 5.93. The Kier molecular flexibility index (Phi) is 11.5. The zero-order chi connectivity index (χ0) is 18.7. The Morgan fingerprint density at radius 3 is 1.58 bits per heavy atom. The minimum absolute atomic E-state index is 0.213. The maximum Gasteiger partial charge on any atom is 0.217 e. The normalized spacial score (nSPS) is 16.4. The molecule has 0 aromatic rings. The molecule has 2 fully saturated rings. The van der Waals surface area contributed by atoms with Gasteiger partial charge in [-0.3, -0.25) is 14.5 Å². The second kappa shape index (κ2) is 12.2. The van der Waals surface area contributed by atoms with E-state index in [1.165, 1.54) is 0 Å². The summed E-state index contributed by atoms with van der Waals surface area (Å²) < 4.78 is 9.73. The second-order valence-electron chi connectivity index (χ2n) is 6.58. The van der Waals surface area contributed by atoms with E-state index in [4.69, 9.17) is 9.47 Å². The van der Waals surface area contributed by atoms with Gasteiger partial charge in [-0.15, -0.1) is 0 Å². The molecule has 0 aliphatic heterocycles. The molecule has 140 valence electrons. The molecule has 0 saturated heterocycles. The van der Waals surface area contributed by atoms with Gasteiger partial charge in [-0.05, 0) is 52.8 Å². The molecule has 0 radical (unpaired) electrons. The number of carbonyl (C=O) groups excluding carboxylic acids is 2. The van der Waals surface area contributed by atoms with Crippen LogP contribution in [0.3, 0.4) is 0 Å². The van der Waals surface area contributed by atoms with Gasteiger partial charge < -0.3 is 14.4 Å². The molecule has 0 atom stereocenters. The molecule has 0 unspecified atom stereocenters. The van der Waals surface area contributed by atoms with Crippen LogP contribution >= 0.6 is 0 Å². The SMILES string of the molecule is CC(=O)C1CC1.CN(C)/C=C\C(=O)C1CC1.COC(OC)N(C)C. The fourth-order valence-electron chi connectivity index (χ4n) is 1.73. The molecule has 0 N–H and O–H groups in total. The largest absolute Gasteiger partial charge is 0.383 e. The Morgan fingerprint density at radius 1 is 0.958 bits per heavy atom. The number of hydrogen-bond donors (Lipinski definition) is 0. The van der Waals surface area contributed by atoms with Crippen molar-refractivity contribution in [1.82, 2.24) is 9.80 Å². The van der Waals surface area contributed by atoms with Gasteiger partial charge in [-0.2, -0.15) is 0 Å². The van der Waals surface area contributed by atoms with Crippen molar-refractivity contribution < 1.29 is 19.1 Å². The summed E-state index contributed by atoms with van der Waals surface area (Å²) in [4.78, 5) is 24.9. The quantitative estimate of drug-likeness (QED) is 0.522. The first-order chi connectivity index (χ1) is 11.2. The van der Waals surface area contributed by atoms with Crippen LogP contribution in [-0.4, -0.2) is 70.2 Å². The van der Waals surface area contributed by atoms with E-state index in [1.807, 2.05) is 38.0 Å². The van der Waals surface area contributed by atoms with Gasteiger partial charge >= 0.3 is 0 Å². The number of methoxy groups -OCH3 is 2. The molecule has 2 saturated carbocycles. The molecule has 0 bridgehead atoms. The second-order valence-corrected chi connectivity index (χ2v) is 6.58. The minimum Gasteiger partial charge on any atom is -0.383 e. The van der Waals surface area contributed by atoms with Gasteiger partial charge in [0.15, 0.2) is 5.78 Å². The van der Waals surface area contributed by atoms with E-state index in [0.29, 0.717) is 17.6 Å². The summed E-state index contributed by atoms with van der Waals surface area (Å²) in [5.74, 6) is 1.48. The van der Waals surface area contributed by atoms with Crippen LogP contribution in [0, 0.1) is 11.8 Å². The lowest BCUT2D eigenvalue weighted by Crippen LogP contribution is -2.30. The average molecular weight is 342 g/mol. The number of hydrogen-bond acceptors (Lipinski definition) is 6. The summed E-state index contributed by atoms with van der Waals surface area (Å²) in [6, 6.07) is 0. The fraction of sp³-hybridized carbons (Fsp3) is 0.778. The van der Waals surface area contributed by atoms with E-state index in [0.717, 1.165) is 25.7 Å². The first-order valence-electron chi connectivity index (χ1n) is 8.33. The van der Waals surface area contributed by atoms with Crippen molar-refractivity contribution in [2.45, 2.75) is 39.0 Å². The van der Waals surface area contributed by atoms with Crippen molar-refractivity contribution >= 4 is 11.6 Å². The predicted octanol–water partition coefficient (Wildman–Crippen LogP) is 2.15. The Bertz CT molecular complexity index is 396. The number of allylic oxidation sites excluding steroid dienone is 1. The number of ketones is 2. The van der Waals surface area contributed by atoms with Crippen molar-refractivity contribution in [3.63, 3.8) is 0 Å². The standard InChI is InChI=1S/C8H13NO.C5H13NO2.C5H8O/c1-9(2)6-5-8(10)7-3-4-7;1-6(2)5(7-3)8-4;1-4(6)5-2-3-5/h5-7H,3-4H2,1-2H3;5H,1-4H3;5H,2-3H2,1H3/b6-5-;;. The van der Waals surface area contributed by atoms with E-state index in [-0.39, 0.29) is 12.2 Å². The summed E-state index contributed by atoms with van der Waals surface area (Å²) in [7, 11) is 10.8. The van der Waals surface area contributed by atoms with Gasteiger partial charge in [-0.1, -0.05) is 0 Å².